The van der Waals surface area contributed by atoms with Crippen molar-refractivity contribution in [2.45, 2.75) is 71.3 Å². The number of benzene rings is 10. The van der Waals surface area contributed by atoms with E-state index in [2.05, 4.69) is 229 Å². The highest BCUT2D eigenvalue weighted by Gasteiger charge is 2.49. The summed E-state index contributed by atoms with van der Waals surface area (Å²) in [5, 5.41) is 4.70. The first-order valence-electron chi connectivity index (χ1n) is 26.5. The van der Waals surface area contributed by atoms with Crippen LogP contribution in [0.25, 0.3) is 99.5 Å². The third-order valence-corrected chi connectivity index (χ3v) is 17.9. The molecule has 0 saturated heterocycles. The molecule has 2 aromatic heterocycles. The third kappa shape index (κ3) is 5.56. The Kier molecular flexibility index (Phi) is 8.33. The van der Waals surface area contributed by atoms with Crippen molar-refractivity contribution in [1.82, 2.24) is 0 Å². The molecule has 1 aliphatic heterocycles. The molecule has 0 amide bonds. The van der Waals surface area contributed by atoms with Crippen LogP contribution in [0.3, 0.4) is 0 Å². The lowest BCUT2D eigenvalue weighted by atomic mass is 9.72. The molecule has 360 valence electrons. The van der Waals surface area contributed by atoms with Gasteiger partial charge in [-0.3, -0.25) is 0 Å². The molecule has 75 heavy (non-hydrogen) atoms. The van der Waals surface area contributed by atoms with Crippen molar-refractivity contribution in [2.75, 3.05) is 4.90 Å². The van der Waals surface area contributed by atoms with Crippen molar-refractivity contribution in [1.29, 1.82) is 0 Å². The van der Waals surface area contributed by atoms with Crippen molar-refractivity contribution in [2.24, 2.45) is 0 Å². The first-order valence-corrected chi connectivity index (χ1v) is 26.5. The van der Waals surface area contributed by atoms with Gasteiger partial charge in [0.15, 0.2) is 0 Å². The molecule has 10 aromatic carbocycles. The lowest BCUT2D eigenvalue weighted by Crippen LogP contribution is -2.24. The monoisotopic (exact) mass is 967 g/mol. The van der Waals surface area contributed by atoms with Gasteiger partial charge >= 0.3 is 0 Å². The number of anilines is 3. The number of furan rings is 2. The molecule has 4 heteroatoms. The van der Waals surface area contributed by atoms with Crippen molar-refractivity contribution in [3.63, 3.8) is 0 Å². The van der Waals surface area contributed by atoms with Gasteiger partial charge in [-0.15, -0.1) is 0 Å². The maximum Gasteiger partial charge on any atom is 0.144 e. The van der Waals surface area contributed by atoms with Crippen LogP contribution >= 0.6 is 0 Å². The van der Waals surface area contributed by atoms with E-state index in [1.807, 2.05) is 6.07 Å². The number of nitrogens with zero attached hydrogens (tertiary/aromatic N) is 1. The Hall–Kier alpha value is -8.60. The maximum absolute atomic E-state index is 7.00. The van der Waals surface area contributed by atoms with Gasteiger partial charge in [0.25, 0.3) is 0 Å². The zero-order valence-corrected chi connectivity index (χ0v) is 43.2. The van der Waals surface area contributed by atoms with Crippen LogP contribution in [0.15, 0.2) is 191 Å². The van der Waals surface area contributed by atoms with E-state index in [9.17, 15) is 0 Å². The van der Waals surface area contributed by atoms with Crippen LogP contribution < -0.4 is 9.64 Å². The zero-order chi connectivity index (χ0) is 50.4. The van der Waals surface area contributed by atoms with E-state index >= 15 is 0 Å². The number of fused-ring (bicyclic) bond motifs is 22. The molecule has 0 N–H and O–H groups in total. The van der Waals surface area contributed by atoms with Crippen LogP contribution in [0.4, 0.5) is 17.1 Å². The van der Waals surface area contributed by atoms with E-state index in [0.717, 1.165) is 67.2 Å². The SMILES string of the molecule is Cc1ccc(N(c2ccc3c(c2)C(C)(C)c2cc(-c4ccc5c(c4)-c4ccccc4OC5)c4oc5ccccc5c4c2-3)c2ccc3c(c2)C(C)(C)c2c4c(c5oc6ccccc6c5c2-3)-c2ccccc2C4(C)C)cc1. The van der Waals surface area contributed by atoms with E-state index < -0.39 is 0 Å². The molecule has 0 unspecified atom stereocenters. The fourth-order valence-corrected chi connectivity index (χ4v) is 14.3. The standard InChI is InChI=1S/C71H53NO3/c1-39-24-28-42(29-25-39)72(44-31-33-48-55(36-44)71(6,7)65-61(48)63-50-19-11-15-23-59(50)75-68(63)64-46-17-8-12-20-53(46)70(4,5)66(64)65)43-30-32-47-54(35-43)69(2,3)56-37-52(67-62(60(47)56)49-18-10-14-22-58(49)74-67)40-26-27-41-38-73-57-21-13-9-16-45(57)51(41)34-40/h8-37H,38H2,1-7H3. The predicted molar refractivity (Wildman–Crippen MR) is 308 cm³/mol. The van der Waals surface area contributed by atoms with Gasteiger partial charge in [0.05, 0.1) is 0 Å². The van der Waals surface area contributed by atoms with E-state index in [1.54, 1.807) is 0 Å². The lowest BCUT2D eigenvalue weighted by molar-refractivity contribution is 0.302. The van der Waals surface area contributed by atoms with Crippen LogP contribution in [0, 0.1) is 6.92 Å². The van der Waals surface area contributed by atoms with Crippen molar-refractivity contribution in [3.05, 3.63) is 226 Å². The topological polar surface area (TPSA) is 38.8 Å². The molecular formula is C71H53NO3. The number of hydrogen-bond acceptors (Lipinski definition) is 4. The lowest BCUT2D eigenvalue weighted by Gasteiger charge is -2.32. The van der Waals surface area contributed by atoms with Crippen LogP contribution in [-0.4, -0.2) is 0 Å². The minimum atomic E-state index is -0.347. The van der Waals surface area contributed by atoms with Gasteiger partial charge < -0.3 is 18.5 Å². The van der Waals surface area contributed by atoms with Gasteiger partial charge in [-0.2, -0.15) is 0 Å². The fourth-order valence-electron chi connectivity index (χ4n) is 14.3. The van der Waals surface area contributed by atoms with Gasteiger partial charge in [0.2, 0.25) is 0 Å². The molecule has 0 spiro atoms. The second kappa shape index (κ2) is 14.6. The summed E-state index contributed by atoms with van der Waals surface area (Å²) in [5.74, 6) is 0.925. The second-order valence-electron chi connectivity index (χ2n) is 23.2. The molecule has 4 nitrogen and oxygen atoms in total. The first-order chi connectivity index (χ1) is 36.4. The number of ether oxygens (including phenoxy) is 1. The molecule has 4 aliphatic rings. The Labute approximate surface area is 436 Å². The zero-order valence-electron chi connectivity index (χ0n) is 43.2. The summed E-state index contributed by atoms with van der Waals surface area (Å²) in [5.41, 5.74) is 28.9. The molecule has 0 radical (unpaired) electrons. The summed E-state index contributed by atoms with van der Waals surface area (Å²) in [7, 11) is 0. The average Bonchev–Trinajstić information content (AvgIpc) is 4.26. The van der Waals surface area contributed by atoms with Crippen LogP contribution in [0.1, 0.15) is 86.1 Å². The Morgan fingerprint density at radius 3 is 1.69 bits per heavy atom. The summed E-state index contributed by atoms with van der Waals surface area (Å²) >= 11 is 0. The Morgan fingerprint density at radius 2 is 0.960 bits per heavy atom. The highest BCUT2D eigenvalue weighted by Crippen LogP contribution is 2.64. The summed E-state index contributed by atoms with van der Waals surface area (Å²) < 4.78 is 20.2. The summed E-state index contributed by atoms with van der Waals surface area (Å²) in [6, 6.07) is 67.3. The molecular weight excluding hydrogens is 915 g/mol. The Bertz CT molecular complexity index is 4520. The highest BCUT2D eigenvalue weighted by atomic mass is 16.5. The van der Waals surface area contributed by atoms with Crippen LogP contribution in [0.5, 0.6) is 5.75 Å². The average molecular weight is 968 g/mol. The van der Waals surface area contributed by atoms with Crippen molar-refractivity contribution in [3.8, 4) is 61.4 Å². The summed E-state index contributed by atoms with van der Waals surface area (Å²) in [6.07, 6.45) is 0. The van der Waals surface area contributed by atoms with E-state index in [0.29, 0.717) is 6.61 Å². The molecule has 0 saturated carbocycles. The molecule has 12 aromatic rings. The van der Waals surface area contributed by atoms with Gasteiger partial charge in [0, 0.05) is 71.5 Å². The quantitative estimate of drug-likeness (QED) is 0.176. The molecule has 0 fully saturated rings. The Balaban J connectivity index is 0.888. The van der Waals surface area contributed by atoms with Crippen molar-refractivity contribution >= 4 is 60.9 Å². The van der Waals surface area contributed by atoms with Gasteiger partial charge in [0.1, 0.15) is 34.7 Å². The van der Waals surface area contributed by atoms with Crippen LogP contribution in [0.2, 0.25) is 0 Å². The fraction of sp³-hybridized carbons (Fsp3) is 0.155. The molecule has 0 bridgehead atoms. The molecule has 3 aliphatic carbocycles. The maximum atomic E-state index is 7.00. The Morgan fingerprint density at radius 1 is 0.400 bits per heavy atom. The molecule has 0 atom stereocenters. The number of rotatable bonds is 4. The van der Waals surface area contributed by atoms with E-state index in [1.165, 1.54) is 99.6 Å². The van der Waals surface area contributed by atoms with E-state index in [-0.39, 0.29) is 16.2 Å². The van der Waals surface area contributed by atoms with Crippen LogP contribution in [-0.2, 0) is 22.9 Å². The summed E-state index contributed by atoms with van der Waals surface area (Å²) in [4.78, 5) is 2.48. The smallest absolute Gasteiger partial charge is 0.144 e. The second-order valence-corrected chi connectivity index (χ2v) is 23.2. The minimum absolute atomic E-state index is 0.231. The first kappa shape index (κ1) is 42.9. The highest BCUT2D eigenvalue weighted by molar-refractivity contribution is 6.21. The van der Waals surface area contributed by atoms with Gasteiger partial charge in [-0.25, -0.2) is 0 Å². The number of aryl methyl sites for hydroxylation is 1. The van der Waals surface area contributed by atoms with E-state index in [4.69, 9.17) is 13.6 Å². The number of hydrogen-bond donors (Lipinski definition) is 0. The third-order valence-electron chi connectivity index (χ3n) is 17.9. The normalized spacial score (nSPS) is 15.5. The summed E-state index contributed by atoms with van der Waals surface area (Å²) in [6.45, 7) is 17.3. The molecule has 3 heterocycles. The predicted octanol–water partition coefficient (Wildman–Crippen LogP) is 19.4. The number of para-hydroxylation sites is 3. The molecule has 16 rings (SSSR count). The largest absolute Gasteiger partial charge is 0.488 e. The van der Waals surface area contributed by atoms with Gasteiger partial charge in [-0.1, -0.05) is 162 Å². The van der Waals surface area contributed by atoms with Crippen molar-refractivity contribution < 1.29 is 13.6 Å². The van der Waals surface area contributed by atoms with Gasteiger partial charge in [-0.05, 0) is 152 Å². The minimum Gasteiger partial charge on any atom is -0.488 e.